The molecular weight excluding hydrogens is 220 g/mol. The highest BCUT2D eigenvalue weighted by atomic mass is 32.1. The van der Waals surface area contributed by atoms with E-state index in [-0.39, 0.29) is 6.04 Å². The number of nitrogens with two attached hydrogens (primary N) is 1. The van der Waals surface area contributed by atoms with Crippen molar-refractivity contribution < 1.29 is 0 Å². The summed E-state index contributed by atoms with van der Waals surface area (Å²) in [6.07, 6.45) is 0. The van der Waals surface area contributed by atoms with Gasteiger partial charge in [-0.15, -0.1) is 10.2 Å². The Morgan fingerprint density at radius 1 is 1.31 bits per heavy atom. The second-order valence-electron chi connectivity index (χ2n) is 3.52. The summed E-state index contributed by atoms with van der Waals surface area (Å²) in [5.74, 6) is 0. The molecule has 0 saturated heterocycles. The minimum atomic E-state index is -0.0228. The van der Waals surface area contributed by atoms with Crippen molar-refractivity contribution in [3.63, 3.8) is 0 Å². The lowest BCUT2D eigenvalue weighted by atomic mass is 10.1. The first-order chi connectivity index (χ1) is 7.75. The summed E-state index contributed by atoms with van der Waals surface area (Å²) in [5.41, 5.74) is 7.17. The molecule has 0 aliphatic rings. The van der Waals surface area contributed by atoms with E-state index in [1.165, 1.54) is 11.3 Å². The minimum Gasteiger partial charge on any atom is -0.358 e. The molecule has 0 radical (unpaired) electrons. The predicted molar refractivity (Wildman–Crippen MR) is 66.5 cm³/mol. The van der Waals surface area contributed by atoms with Gasteiger partial charge in [-0.2, -0.15) is 0 Å². The molecule has 0 saturated carbocycles. The van der Waals surface area contributed by atoms with Gasteiger partial charge in [0.15, 0.2) is 0 Å². The van der Waals surface area contributed by atoms with Crippen molar-refractivity contribution in [3.8, 4) is 0 Å². The summed E-state index contributed by atoms with van der Waals surface area (Å²) in [6, 6.07) is 9.99. The third-order valence-corrected chi connectivity index (χ3v) is 3.02. The van der Waals surface area contributed by atoms with Crippen molar-refractivity contribution in [1.29, 1.82) is 0 Å². The largest absolute Gasteiger partial charge is 0.358 e. The second kappa shape index (κ2) is 5.05. The molecule has 84 valence electrons. The monoisotopic (exact) mass is 234 g/mol. The van der Waals surface area contributed by atoms with Gasteiger partial charge in [-0.1, -0.05) is 41.7 Å². The Morgan fingerprint density at radius 3 is 2.69 bits per heavy atom. The van der Waals surface area contributed by atoms with Gasteiger partial charge >= 0.3 is 0 Å². The molecule has 0 spiro atoms. The van der Waals surface area contributed by atoms with Crippen LogP contribution in [-0.2, 0) is 0 Å². The standard InChI is InChI=1S/C11H14N4S/c1-8-14-15-11(16-8)13-7-10(12)9-5-3-2-4-6-9/h2-6,10H,7,12H2,1H3,(H,13,15). The fraction of sp³-hybridized carbons (Fsp3) is 0.273. The van der Waals surface area contributed by atoms with E-state index in [0.717, 1.165) is 15.7 Å². The topological polar surface area (TPSA) is 63.8 Å². The summed E-state index contributed by atoms with van der Waals surface area (Å²) < 4.78 is 0. The Morgan fingerprint density at radius 2 is 2.06 bits per heavy atom. The van der Waals surface area contributed by atoms with Crippen LogP contribution in [0.1, 0.15) is 16.6 Å². The third-order valence-electron chi connectivity index (χ3n) is 2.23. The summed E-state index contributed by atoms with van der Waals surface area (Å²) in [6.45, 7) is 2.60. The van der Waals surface area contributed by atoms with Crippen molar-refractivity contribution in [2.45, 2.75) is 13.0 Å². The first-order valence-corrected chi connectivity index (χ1v) is 5.92. The van der Waals surface area contributed by atoms with Gasteiger partial charge in [-0.3, -0.25) is 0 Å². The second-order valence-corrected chi connectivity index (χ2v) is 4.71. The van der Waals surface area contributed by atoms with Crippen LogP contribution in [0.5, 0.6) is 0 Å². The summed E-state index contributed by atoms with van der Waals surface area (Å²) in [5, 5.41) is 12.9. The van der Waals surface area contributed by atoms with E-state index in [2.05, 4.69) is 15.5 Å². The average molecular weight is 234 g/mol. The van der Waals surface area contributed by atoms with Crippen molar-refractivity contribution in [2.75, 3.05) is 11.9 Å². The molecule has 2 rings (SSSR count). The lowest BCUT2D eigenvalue weighted by molar-refractivity contribution is 0.762. The van der Waals surface area contributed by atoms with Crippen LogP contribution in [0.15, 0.2) is 30.3 Å². The maximum absolute atomic E-state index is 6.04. The molecule has 4 nitrogen and oxygen atoms in total. The van der Waals surface area contributed by atoms with Gasteiger partial charge in [0, 0.05) is 12.6 Å². The van der Waals surface area contributed by atoms with Gasteiger partial charge in [0.2, 0.25) is 5.13 Å². The Hall–Kier alpha value is -1.46. The average Bonchev–Trinajstić information content (AvgIpc) is 2.73. The molecule has 0 aliphatic carbocycles. The molecule has 1 heterocycles. The molecule has 0 amide bonds. The first kappa shape index (κ1) is 11.0. The van der Waals surface area contributed by atoms with Crippen molar-refractivity contribution in [1.82, 2.24) is 10.2 Å². The highest BCUT2D eigenvalue weighted by Gasteiger charge is 2.06. The van der Waals surface area contributed by atoms with Gasteiger partial charge in [-0.05, 0) is 12.5 Å². The number of nitrogens with one attached hydrogen (secondary N) is 1. The Bertz CT molecular complexity index is 440. The highest BCUT2D eigenvalue weighted by Crippen LogP contribution is 2.15. The molecule has 2 aromatic rings. The van der Waals surface area contributed by atoms with Crippen LogP contribution in [0.3, 0.4) is 0 Å². The van der Waals surface area contributed by atoms with Gasteiger partial charge in [0.05, 0.1) is 0 Å². The lowest BCUT2D eigenvalue weighted by Gasteiger charge is -2.11. The first-order valence-electron chi connectivity index (χ1n) is 5.10. The van der Waals surface area contributed by atoms with Crippen LogP contribution in [-0.4, -0.2) is 16.7 Å². The zero-order chi connectivity index (χ0) is 11.4. The molecule has 1 unspecified atom stereocenters. The van der Waals surface area contributed by atoms with E-state index in [4.69, 9.17) is 5.73 Å². The fourth-order valence-electron chi connectivity index (χ4n) is 1.38. The van der Waals surface area contributed by atoms with E-state index < -0.39 is 0 Å². The van der Waals surface area contributed by atoms with Gasteiger partial charge in [0.1, 0.15) is 5.01 Å². The fourth-order valence-corrected chi connectivity index (χ4v) is 1.98. The Kier molecular flexibility index (Phi) is 3.48. The van der Waals surface area contributed by atoms with E-state index in [9.17, 15) is 0 Å². The number of benzene rings is 1. The van der Waals surface area contributed by atoms with E-state index in [1.54, 1.807) is 0 Å². The van der Waals surface area contributed by atoms with Crippen LogP contribution < -0.4 is 11.1 Å². The number of aryl methyl sites for hydroxylation is 1. The molecule has 0 bridgehead atoms. The van der Waals surface area contributed by atoms with E-state index in [1.807, 2.05) is 37.3 Å². The highest BCUT2D eigenvalue weighted by molar-refractivity contribution is 7.15. The number of hydrogen-bond donors (Lipinski definition) is 2. The Labute approximate surface area is 98.5 Å². The molecule has 3 N–H and O–H groups in total. The van der Waals surface area contributed by atoms with Crippen LogP contribution in [0.4, 0.5) is 5.13 Å². The lowest BCUT2D eigenvalue weighted by Crippen LogP contribution is -2.20. The number of nitrogens with zero attached hydrogens (tertiary/aromatic N) is 2. The van der Waals surface area contributed by atoms with Gasteiger partial charge < -0.3 is 11.1 Å². The third kappa shape index (κ3) is 2.77. The summed E-state index contributed by atoms with van der Waals surface area (Å²) in [4.78, 5) is 0. The summed E-state index contributed by atoms with van der Waals surface area (Å²) in [7, 11) is 0. The number of hydrogen-bond acceptors (Lipinski definition) is 5. The van der Waals surface area contributed by atoms with Gasteiger partial charge in [-0.25, -0.2) is 0 Å². The Balaban J connectivity index is 1.91. The summed E-state index contributed by atoms with van der Waals surface area (Å²) >= 11 is 1.54. The maximum atomic E-state index is 6.04. The molecule has 1 aromatic carbocycles. The van der Waals surface area contributed by atoms with Crippen LogP contribution in [0.25, 0.3) is 0 Å². The van der Waals surface area contributed by atoms with Crippen molar-refractivity contribution >= 4 is 16.5 Å². The molecule has 16 heavy (non-hydrogen) atoms. The molecule has 0 aliphatic heterocycles. The molecular formula is C11H14N4S. The van der Waals surface area contributed by atoms with Crippen molar-refractivity contribution in [3.05, 3.63) is 40.9 Å². The van der Waals surface area contributed by atoms with Crippen molar-refractivity contribution in [2.24, 2.45) is 5.73 Å². The zero-order valence-corrected chi connectivity index (χ0v) is 9.87. The number of aromatic nitrogens is 2. The normalized spacial score (nSPS) is 12.4. The van der Waals surface area contributed by atoms with E-state index in [0.29, 0.717) is 6.54 Å². The molecule has 5 heteroatoms. The number of rotatable bonds is 4. The van der Waals surface area contributed by atoms with Gasteiger partial charge in [0.25, 0.3) is 0 Å². The minimum absolute atomic E-state index is 0.0228. The maximum Gasteiger partial charge on any atom is 0.205 e. The zero-order valence-electron chi connectivity index (χ0n) is 9.05. The molecule has 1 atom stereocenters. The van der Waals surface area contributed by atoms with Crippen LogP contribution in [0.2, 0.25) is 0 Å². The van der Waals surface area contributed by atoms with E-state index >= 15 is 0 Å². The SMILES string of the molecule is Cc1nnc(NCC(N)c2ccccc2)s1. The molecule has 0 fully saturated rings. The quantitative estimate of drug-likeness (QED) is 0.848. The predicted octanol–water partition coefficient (Wildman–Crippen LogP) is 1.96. The van der Waals surface area contributed by atoms with Crippen LogP contribution in [0, 0.1) is 6.92 Å². The molecule has 1 aromatic heterocycles. The van der Waals surface area contributed by atoms with Crippen LogP contribution >= 0.6 is 11.3 Å². The smallest absolute Gasteiger partial charge is 0.205 e. The number of anilines is 1.